The Morgan fingerprint density at radius 3 is 2.57 bits per heavy atom. The highest BCUT2D eigenvalue weighted by atomic mass is 32.2. The summed E-state index contributed by atoms with van der Waals surface area (Å²) in [6.07, 6.45) is 5.65. The molecule has 2 aromatic heterocycles. The summed E-state index contributed by atoms with van der Waals surface area (Å²) in [5.74, 6) is 0.0411. The molecule has 3 aromatic rings. The number of rotatable bonds is 9. The van der Waals surface area contributed by atoms with Gasteiger partial charge in [0.15, 0.2) is 10.7 Å². The van der Waals surface area contributed by atoms with Gasteiger partial charge in [0.1, 0.15) is 11.4 Å². The lowest BCUT2D eigenvalue weighted by Crippen LogP contribution is -2.47. The van der Waals surface area contributed by atoms with Crippen molar-refractivity contribution in [2.24, 2.45) is 5.92 Å². The number of aliphatic hydroxyl groups excluding tert-OH is 1. The number of hydrogen-bond donors (Lipinski definition) is 2. The number of nitrogens with one attached hydrogen (secondary N) is 1. The van der Waals surface area contributed by atoms with Gasteiger partial charge in [-0.1, -0.05) is 12.1 Å². The number of aromatic nitrogens is 2. The highest BCUT2D eigenvalue weighted by Gasteiger charge is 2.31. The summed E-state index contributed by atoms with van der Waals surface area (Å²) >= 11 is 0. The number of fused-ring (bicyclic) bond motifs is 1. The third-order valence-corrected chi connectivity index (χ3v) is 9.86. The van der Waals surface area contributed by atoms with Crippen LogP contribution in [0.2, 0.25) is 0 Å². The molecule has 252 valence electrons. The van der Waals surface area contributed by atoms with Crippen molar-refractivity contribution in [3.05, 3.63) is 65.3 Å². The number of sulfonamides is 1. The van der Waals surface area contributed by atoms with Crippen molar-refractivity contribution in [1.29, 1.82) is 0 Å². The fourth-order valence-electron chi connectivity index (χ4n) is 5.68. The Labute approximate surface area is 272 Å². The van der Waals surface area contributed by atoms with E-state index >= 15 is 0 Å². The van der Waals surface area contributed by atoms with Crippen molar-refractivity contribution < 1.29 is 32.3 Å². The number of aryl methyl sites for hydroxylation is 2. The number of hydrogen-bond acceptors (Lipinski definition) is 10. The SMILES string of the molecule is Cc1noc(C)c1S(=O)(=O)Nc1ccc2c(c1)C(=O)N([C@@H](C)CO)C[C@@H](C)[C@@H](CN(C)Cc1ccncc1)OCCCC[C@H](C)O2. The predicted octanol–water partition coefficient (Wildman–Crippen LogP) is 4.41. The average molecular weight is 658 g/mol. The number of nitrogens with zero attached hydrogens (tertiary/aromatic N) is 4. The zero-order valence-electron chi connectivity index (χ0n) is 27.6. The molecule has 0 aliphatic carbocycles. The van der Waals surface area contributed by atoms with E-state index in [-0.39, 0.29) is 58.2 Å². The molecular formula is C33H47N5O7S. The average Bonchev–Trinajstić information content (AvgIpc) is 3.37. The van der Waals surface area contributed by atoms with Crippen LogP contribution >= 0.6 is 0 Å². The number of aliphatic hydroxyl groups is 1. The zero-order chi connectivity index (χ0) is 33.4. The number of amides is 1. The second-order valence-corrected chi connectivity index (χ2v) is 13.9. The largest absolute Gasteiger partial charge is 0.490 e. The zero-order valence-corrected chi connectivity index (χ0v) is 28.4. The molecule has 0 fully saturated rings. The summed E-state index contributed by atoms with van der Waals surface area (Å²) in [5, 5.41) is 14.0. The van der Waals surface area contributed by atoms with E-state index < -0.39 is 16.1 Å². The van der Waals surface area contributed by atoms with Gasteiger partial charge >= 0.3 is 0 Å². The van der Waals surface area contributed by atoms with E-state index in [0.29, 0.717) is 25.4 Å². The minimum absolute atomic E-state index is 0.0481. The Morgan fingerprint density at radius 1 is 1.15 bits per heavy atom. The normalized spacial score (nSPS) is 20.9. The lowest BCUT2D eigenvalue weighted by Gasteiger charge is -2.36. The number of carbonyl (C=O) groups excluding carboxylic acids is 1. The quantitative estimate of drug-likeness (QED) is 0.339. The van der Waals surface area contributed by atoms with Gasteiger partial charge in [-0.2, -0.15) is 0 Å². The molecule has 0 saturated heterocycles. The first kappa shape index (κ1) is 35.3. The minimum atomic E-state index is -4.06. The maximum absolute atomic E-state index is 14.4. The van der Waals surface area contributed by atoms with Gasteiger partial charge in [-0.3, -0.25) is 19.4 Å². The van der Waals surface area contributed by atoms with E-state index in [2.05, 4.69) is 26.7 Å². The number of benzene rings is 1. The topological polar surface area (TPSA) is 147 Å². The second kappa shape index (κ2) is 15.9. The van der Waals surface area contributed by atoms with E-state index in [4.69, 9.17) is 14.0 Å². The molecule has 1 aliphatic rings. The first-order chi connectivity index (χ1) is 21.9. The molecule has 12 nitrogen and oxygen atoms in total. The van der Waals surface area contributed by atoms with E-state index in [1.807, 2.05) is 26.1 Å². The summed E-state index contributed by atoms with van der Waals surface area (Å²) in [6.45, 7) is 10.9. The fraction of sp³-hybridized carbons (Fsp3) is 0.545. The van der Waals surface area contributed by atoms with Gasteiger partial charge in [0.05, 0.1) is 30.4 Å². The molecule has 0 unspecified atom stereocenters. The van der Waals surface area contributed by atoms with Crippen LogP contribution in [-0.4, -0.2) is 91.0 Å². The Kier molecular flexibility index (Phi) is 12.2. The Balaban J connectivity index is 1.66. The summed E-state index contributed by atoms with van der Waals surface area (Å²) in [7, 11) is -2.01. The lowest BCUT2D eigenvalue weighted by atomic mass is 10.0. The highest BCUT2D eigenvalue weighted by Crippen LogP contribution is 2.30. The Bertz CT molecular complexity index is 1530. The van der Waals surface area contributed by atoms with Gasteiger partial charge in [-0.25, -0.2) is 8.42 Å². The van der Waals surface area contributed by atoms with Crippen molar-refractivity contribution in [1.82, 2.24) is 19.9 Å². The van der Waals surface area contributed by atoms with Gasteiger partial charge in [0, 0.05) is 50.2 Å². The van der Waals surface area contributed by atoms with Crippen LogP contribution in [0.25, 0.3) is 0 Å². The van der Waals surface area contributed by atoms with Crippen molar-refractivity contribution in [2.75, 3.05) is 38.1 Å². The molecule has 0 saturated carbocycles. The van der Waals surface area contributed by atoms with Crippen LogP contribution in [0.4, 0.5) is 5.69 Å². The standard InChI is InChI=1S/C33H47N5O7S/c1-22-18-38(23(2)21-39)33(40)29-17-28(36-46(41,42)32-25(4)35-45-26(32)5)10-11-30(29)44-24(3)9-7-8-16-43-31(22)20-37(6)19-27-12-14-34-15-13-27/h10-15,17,22-24,31,36,39H,7-9,16,18-21H2,1-6H3/t22-,23+,24+,31-/m1/s1. The summed E-state index contributed by atoms with van der Waals surface area (Å²) in [6, 6.07) is 8.13. The molecule has 46 heavy (non-hydrogen) atoms. The Morgan fingerprint density at radius 2 is 1.89 bits per heavy atom. The maximum Gasteiger partial charge on any atom is 0.267 e. The van der Waals surface area contributed by atoms with Crippen molar-refractivity contribution in [3.63, 3.8) is 0 Å². The van der Waals surface area contributed by atoms with Gasteiger partial charge in [0.2, 0.25) is 0 Å². The summed E-state index contributed by atoms with van der Waals surface area (Å²) in [5.41, 5.74) is 1.76. The van der Waals surface area contributed by atoms with Gasteiger partial charge in [-0.05, 0) is 89.9 Å². The molecule has 0 spiro atoms. The third-order valence-electron chi connectivity index (χ3n) is 8.23. The van der Waals surface area contributed by atoms with Gasteiger partial charge < -0.3 is 24.0 Å². The molecule has 3 heterocycles. The van der Waals surface area contributed by atoms with Crippen LogP contribution in [0.5, 0.6) is 5.75 Å². The minimum Gasteiger partial charge on any atom is -0.490 e. The first-order valence-corrected chi connectivity index (χ1v) is 17.2. The van der Waals surface area contributed by atoms with Crippen LogP contribution in [0.3, 0.4) is 0 Å². The van der Waals surface area contributed by atoms with Crippen LogP contribution in [0.1, 0.15) is 67.4 Å². The molecule has 13 heteroatoms. The molecule has 4 rings (SSSR count). The van der Waals surface area contributed by atoms with Crippen LogP contribution in [0.15, 0.2) is 52.1 Å². The van der Waals surface area contributed by atoms with Crippen molar-refractivity contribution in [2.45, 2.75) is 83.6 Å². The Hall–Kier alpha value is -3.52. The second-order valence-electron chi connectivity index (χ2n) is 12.3. The highest BCUT2D eigenvalue weighted by molar-refractivity contribution is 7.92. The van der Waals surface area contributed by atoms with Crippen LogP contribution < -0.4 is 9.46 Å². The molecule has 1 aliphatic heterocycles. The number of carbonyl (C=O) groups is 1. The van der Waals surface area contributed by atoms with Gasteiger partial charge in [0.25, 0.3) is 15.9 Å². The smallest absolute Gasteiger partial charge is 0.267 e. The van der Waals surface area contributed by atoms with Crippen LogP contribution in [0, 0.1) is 19.8 Å². The molecular weight excluding hydrogens is 610 g/mol. The van der Waals surface area contributed by atoms with Crippen molar-refractivity contribution in [3.8, 4) is 5.75 Å². The van der Waals surface area contributed by atoms with E-state index in [1.54, 1.807) is 43.3 Å². The number of anilines is 1. The monoisotopic (exact) mass is 657 g/mol. The maximum atomic E-state index is 14.4. The predicted molar refractivity (Wildman–Crippen MR) is 174 cm³/mol. The van der Waals surface area contributed by atoms with E-state index in [1.165, 1.54) is 13.0 Å². The molecule has 2 N–H and O–H groups in total. The molecule has 0 radical (unpaired) electrons. The van der Waals surface area contributed by atoms with E-state index in [0.717, 1.165) is 31.4 Å². The number of ether oxygens (including phenoxy) is 2. The molecule has 1 aromatic carbocycles. The number of likely N-dealkylation sites (N-methyl/N-ethyl adjacent to an activating group) is 1. The van der Waals surface area contributed by atoms with Crippen LogP contribution in [-0.2, 0) is 21.3 Å². The molecule has 0 bridgehead atoms. The molecule has 1 amide bonds. The fourth-order valence-corrected chi connectivity index (χ4v) is 7.07. The van der Waals surface area contributed by atoms with Gasteiger partial charge in [-0.15, -0.1) is 0 Å². The summed E-state index contributed by atoms with van der Waals surface area (Å²) in [4.78, 5) is 22.2. The van der Waals surface area contributed by atoms with Crippen molar-refractivity contribution >= 4 is 21.6 Å². The lowest BCUT2D eigenvalue weighted by molar-refractivity contribution is -0.0177. The summed E-state index contributed by atoms with van der Waals surface area (Å²) < 4.78 is 46.9. The molecule has 4 atom stereocenters. The van der Waals surface area contributed by atoms with E-state index in [9.17, 15) is 18.3 Å². The number of pyridine rings is 1. The first-order valence-electron chi connectivity index (χ1n) is 15.8. The third kappa shape index (κ3) is 9.05.